The number of esters is 1. The summed E-state index contributed by atoms with van der Waals surface area (Å²) in [5, 5.41) is 5.17. The Balaban J connectivity index is 3.32. The first-order chi connectivity index (χ1) is 15.2. The lowest BCUT2D eigenvalue weighted by Crippen LogP contribution is -2.54. The fraction of sp³-hybridized carbons (Fsp3) is 0.583. The van der Waals surface area contributed by atoms with Crippen molar-refractivity contribution in [2.45, 2.75) is 66.2 Å². The standard InChI is InChI=1S/C24H37N3O6/c1-14(2)19(26-23(31)33-24(5,6)7)22(30)27(8)20(21(29)25-13-17(28)32-9)18-15(3)11-10-12-16(18)4/h10-12,14,19-20H,13H2,1-9H3,(H,25,29)(H,26,31). The first kappa shape index (κ1) is 27.9. The molecule has 33 heavy (non-hydrogen) atoms. The molecule has 0 aliphatic rings. The molecule has 1 aromatic carbocycles. The molecule has 0 spiro atoms. The second-order valence-corrected chi connectivity index (χ2v) is 9.32. The lowest BCUT2D eigenvalue weighted by molar-refractivity contribution is -0.144. The number of likely N-dealkylation sites (N-methyl/N-ethyl adjacent to an activating group) is 1. The smallest absolute Gasteiger partial charge is 0.408 e. The Morgan fingerprint density at radius 3 is 2.06 bits per heavy atom. The SMILES string of the molecule is COC(=O)CNC(=O)C(c1c(C)cccc1C)N(C)C(=O)C(NC(=O)OC(C)(C)C)C(C)C. The van der Waals surface area contributed by atoms with Crippen LogP contribution in [0.25, 0.3) is 0 Å². The Morgan fingerprint density at radius 1 is 1.06 bits per heavy atom. The number of carbonyl (C=O) groups is 4. The van der Waals surface area contributed by atoms with Gasteiger partial charge in [0.25, 0.3) is 0 Å². The molecule has 0 aliphatic heterocycles. The van der Waals surface area contributed by atoms with E-state index in [0.717, 1.165) is 11.1 Å². The minimum absolute atomic E-state index is 0.274. The number of methoxy groups -OCH3 is 1. The molecule has 0 radical (unpaired) electrons. The molecule has 0 saturated heterocycles. The fourth-order valence-electron chi connectivity index (χ4n) is 3.38. The Hall–Kier alpha value is -3.10. The first-order valence-corrected chi connectivity index (χ1v) is 10.9. The number of hydrogen-bond donors (Lipinski definition) is 2. The van der Waals surface area contributed by atoms with Crippen LogP contribution >= 0.6 is 0 Å². The number of benzene rings is 1. The second kappa shape index (κ2) is 11.7. The third kappa shape index (κ3) is 8.07. The third-order valence-corrected chi connectivity index (χ3v) is 5.04. The molecule has 0 fully saturated rings. The molecule has 0 aliphatic carbocycles. The van der Waals surface area contributed by atoms with Gasteiger partial charge in [0, 0.05) is 7.05 Å². The summed E-state index contributed by atoms with van der Waals surface area (Å²) < 4.78 is 9.90. The summed E-state index contributed by atoms with van der Waals surface area (Å²) >= 11 is 0. The zero-order chi connectivity index (χ0) is 25.5. The van der Waals surface area contributed by atoms with Crippen molar-refractivity contribution in [2.24, 2.45) is 5.92 Å². The van der Waals surface area contributed by atoms with Crippen molar-refractivity contribution in [3.05, 3.63) is 34.9 Å². The van der Waals surface area contributed by atoms with Crippen molar-refractivity contribution < 1.29 is 28.7 Å². The lowest BCUT2D eigenvalue weighted by atomic mass is 9.93. The Kier molecular flexibility index (Phi) is 9.88. The maximum Gasteiger partial charge on any atom is 0.408 e. The highest BCUT2D eigenvalue weighted by molar-refractivity contribution is 5.93. The number of amides is 3. The van der Waals surface area contributed by atoms with Crippen LogP contribution in [0.15, 0.2) is 18.2 Å². The van der Waals surface area contributed by atoms with E-state index in [9.17, 15) is 19.2 Å². The molecule has 184 valence electrons. The van der Waals surface area contributed by atoms with Crippen LogP contribution in [0.4, 0.5) is 4.79 Å². The third-order valence-electron chi connectivity index (χ3n) is 5.04. The van der Waals surface area contributed by atoms with Gasteiger partial charge in [0.15, 0.2) is 0 Å². The molecule has 2 unspecified atom stereocenters. The van der Waals surface area contributed by atoms with E-state index in [1.54, 1.807) is 34.6 Å². The van der Waals surface area contributed by atoms with Gasteiger partial charge in [0.1, 0.15) is 24.2 Å². The van der Waals surface area contributed by atoms with E-state index in [4.69, 9.17) is 4.74 Å². The van der Waals surface area contributed by atoms with Gasteiger partial charge in [-0.15, -0.1) is 0 Å². The lowest BCUT2D eigenvalue weighted by Gasteiger charge is -2.34. The largest absolute Gasteiger partial charge is 0.468 e. The molecule has 1 aromatic rings. The molecule has 2 atom stereocenters. The summed E-state index contributed by atoms with van der Waals surface area (Å²) in [6, 6.07) is 3.61. The van der Waals surface area contributed by atoms with Crippen molar-refractivity contribution in [1.82, 2.24) is 15.5 Å². The average Bonchev–Trinajstić information content (AvgIpc) is 2.70. The Bertz CT molecular complexity index is 855. The van der Waals surface area contributed by atoms with Gasteiger partial charge in [-0.3, -0.25) is 14.4 Å². The summed E-state index contributed by atoms with van der Waals surface area (Å²) in [5.74, 6) is -1.88. The van der Waals surface area contributed by atoms with Gasteiger partial charge in [0.2, 0.25) is 11.8 Å². The number of nitrogens with zero attached hydrogens (tertiary/aromatic N) is 1. The van der Waals surface area contributed by atoms with Crippen LogP contribution < -0.4 is 10.6 Å². The topological polar surface area (TPSA) is 114 Å². The summed E-state index contributed by atoms with van der Waals surface area (Å²) in [6.07, 6.45) is -0.721. The molecule has 0 bridgehead atoms. The zero-order valence-electron chi connectivity index (χ0n) is 21.1. The van der Waals surface area contributed by atoms with Crippen molar-refractivity contribution in [1.29, 1.82) is 0 Å². The summed E-state index contributed by atoms with van der Waals surface area (Å²) in [7, 11) is 2.73. The number of carbonyl (C=O) groups excluding carboxylic acids is 4. The maximum atomic E-state index is 13.5. The normalized spacial score (nSPS) is 13.0. The minimum Gasteiger partial charge on any atom is -0.468 e. The predicted molar refractivity (Wildman–Crippen MR) is 124 cm³/mol. The van der Waals surface area contributed by atoms with Crippen LogP contribution in [0.1, 0.15) is 57.4 Å². The zero-order valence-corrected chi connectivity index (χ0v) is 21.1. The molecule has 9 heteroatoms. The van der Waals surface area contributed by atoms with Crippen LogP contribution in [-0.4, -0.2) is 61.1 Å². The van der Waals surface area contributed by atoms with Gasteiger partial charge in [-0.1, -0.05) is 32.0 Å². The number of aryl methyl sites for hydroxylation is 2. The van der Waals surface area contributed by atoms with Gasteiger partial charge >= 0.3 is 12.1 Å². The summed E-state index contributed by atoms with van der Waals surface area (Å²) in [6.45, 7) is 12.1. The van der Waals surface area contributed by atoms with Crippen LogP contribution in [0.5, 0.6) is 0 Å². The maximum absolute atomic E-state index is 13.5. The van der Waals surface area contributed by atoms with Crippen LogP contribution in [-0.2, 0) is 23.9 Å². The van der Waals surface area contributed by atoms with Gasteiger partial charge in [-0.05, 0) is 57.2 Å². The number of ether oxygens (including phenoxy) is 2. The molecule has 3 amide bonds. The summed E-state index contributed by atoms with van der Waals surface area (Å²) in [4.78, 5) is 51.9. The van der Waals surface area contributed by atoms with Crippen molar-refractivity contribution in [3.8, 4) is 0 Å². The van der Waals surface area contributed by atoms with Gasteiger partial charge < -0.3 is 25.0 Å². The van der Waals surface area contributed by atoms with Crippen molar-refractivity contribution in [2.75, 3.05) is 20.7 Å². The quantitative estimate of drug-likeness (QED) is 0.573. The highest BCUT2D eigenvalue weighted by Crippen LogP contribution is 2.28. The molecule has 9 nitrogen and oxygen atoms in total. The van der Waals surface area contributed by atoms with E-state index < -0.39 is 41.6 Å². The highest BCUT2D eigenvalue weighted by atomic mass is 16.6. The number of hydrogen-bond acceptors (Lipinski definition) is 6. The first-order valence-electron chi connectivity index (χ1n) is 10.9. The van der Waals surface area contributed by atoms with Gasteiger partial charge in [0.05, 0.1) is 7.11 Å². The molecule has 0 aromatic heterocycles. The average molecular weight is 464 g/mol. The number of nitrogens with one attached hydrogen (secondary N) is 2. The Labute approximate surface area is 196 Å². The predicted octanol–water partition coefficient (Wildman–Crippen LogP) is 2.64. The molecule has 0 saturated carbocycles. The van der Waals surface area contributed by atoms with Gasteiger partial charge in [-0.25, -0.2) is 4.79 Å². The van der Waals surface area contributed by atoms with E-state index in [1.807, 2.05) is 32.0 Å². The van der Waals surface area contributed by atoms with Gasteiger partial charge in [-0.2, -0.15) is 0 Å². The van der Waals surface area contributed by atoms with Crippen molar-refractivity contribution in [3.63, 3.8) is 0 Å². The van der Waals surface area contributed by atoms with Crippen molar-refractivity contribution >= 4 is 23.9 Å². The molecule has 0 heterocycles. The molecule has 2 N–H and O–H groups in total. The summed E-state index contributed by atoms with van der Waals surface area (Å²) in [5.41, 5.74) is 1.55. The number of alkyl carbamates (subject to hydrolysis) is 1. The van der Waals surface area contributed by atoms with E-state index >= 15 is 0 Å². The Morgan fingerprint density at radius 2 is 1.61 bits per heavy atom. The van der Waals surface area contributed by atoms with E-state index in [1.165, 1.54) is 19.1 Å². The van der Waals surface area contributed by atoms with Crippen LogP contribution in [0.2, 0.25) is 0 Å². The molecular formula is C24H37N3O6. The van der Waals surface area contributed by atoms with E-state index in [0.29, 0.717) is 5.56 Å². The monoisotopic (exact) mass is 463 g/mol. The second-order valence-electron chi connectivity index (χ2n) is 9.32. The molecule has 1 rings (SSSR count). The van der Waals surface area contributed by atoms with E-state index in [2.05, 4.69) is 15.4 Å². The van der Waals surface area contributed by atoms with E-state index in [-0.39, 0.29) is 12.5 Å². The van der Waals surface area contributed by atoms with Crippen LogP contribution in [0, 0.1) is 19.8 Å². The highest BCUT2D eigenvalue weighted by Gasteiger charge is 2.36. The minimum atomic E-state index is -1.02. The number of rotatable bonds is 8. The van der Waals surface area contributed by atoms with Crippen LogP contribution in [0.3, 0.4) is 0 Å². The molecular weight excluding hydrogens is 426 g/mol. The fourth-order valence-corrected chi connectivity index (χ4v) is 3.38.